The minimum atomic E-state index is 0.0140. The van der Waals surface area contributed by atoms with Gasteiger partial charge in [0.1, 0.15) is 17.3 Å². The first-order valence-electron chi connectivity index (χ1n) is 12.1. The molecule has 4 aromatic rings. The summed E-state index contributed by atoms with van der Waals surface area (Å²) in [5.41, 5.74) is 5.25. The Morgan fingerprint density at radius 3 is 2.63 bits per heavy atom. The molecule has 1 atom stereocenters. The normalized spacial score (nSPS) is 15.7. The first-order chi connectivity index (χ1) is 17.0. The summed E-state index contributed by atoms with van der Waals surface area (Å²) in [6, 6.07) is 22.1. The molecule has 180 valence electrons. The molecule has 0 saturated carbocycles. The summed E-state index contributed by atoms with van der Waals surface area (Å²) >= 11 is 0. The van der Waals surface area contributed by atoms with Crippen LogP contribution in [-0.4, -0.2) is 35.7 Å². The van der Waals surface area contributed by atoms with Gasteiger partial charge in [0.25, 0.3) is 0 Å². The SMILES string of the molecule is COc1ccccc1N1C[C@@H](c2nc3ccccc3n2CCCOc2ccc(C)cc2C)CC1=O. The molecule has 0 unspecified atom stereocenters. The fourth-order valence-corrected chi connectivity index (χ4v) is 4.97. The van der Waals surface area contributed by atoms with Crippen LogP contribution in [0.3, 0.4) is 0 Å². The van der Waals surface area contributed by atoms with E-state index in [-0.39, 0.29) is 11.8 Å². The molecule has 0 spiro atoms. The van der Waals surface area contributed by atoms with E-state index in [2.05, 4.69) is 36.6 Å². The van der Waals surface area contributed by atoms with Gasteiger partial charge in [0.15, 0.2) is 0 Å². The summed E-state index contributed by atoms with van der Waals surface area (Å²) in [7, 11) is 1.64. The number of carbonyl (C=O) groups is 1. The Morgan fingerprint density at radius 1 is 1.00 bits per heavy atom. The Balaban J connectivity index is 1.35. The number of fused-ring (bicyclic) bond motifs is 1. The third-order valence-corrected chi connectivity index (χ3v) is 6.66. The third kappa shape index (κ3) is 4.61. The Kier molecular flexibility index (Phi) is 6.45. The molecular formula is C29H31N3O3. The molecule has 1 aliphatic heterocycles. The highest BCUT2D eigenvalue weighted by Crippen LogP contribution is 2.37. The van der Waals surface area contributed by atoms with Crippen LogP contribution in [-0.2, 0) is 11.3 Å². The molecule has 35 heavy (non-hydrogen) atoms. The van der Waals surface area contributed by atoms with Gasteiger partial charge >= 0.3 is 0 Å². The van der Waals surface area contributed by atoms with Gasteiger partial charge in [-0.3, -0.25) is 4.79 Å². The summed E-state index contributed by atoms with van der Waals surface area (Å²) in [4.78, 5) is 19.8. The lowest BCUT2D eigenvalue weighted by molar-refractivity contribution is -0.117. The first-order valence-corrected chi connectivity index (χ1v) is 12.1. The average Bonchev–Trinajstić information content (AvgIpc) is 3.43. The second-order valence-electron chi connectivity index (χ2n) is 9.16. The van der Waals surface area contributed by atoms with E-state index in [4.69, 9.17) is 14.5 Å². The highest BCUT2D eigenvalue weighted by Gasteiger charge is 2.35. The number of imidazole rings is 1. The van der Waals surface area contributed by atoms with Gasteiger partial charge in [-0.25, -0.2) is 4.98 Å². The van der Waals surface area contributed by atoms with E-state index in [1.807, 2.05) is 53.4 Å². The third-order valence-electron chi connectivity index (χ3n) is 6.66. The quantitative estimate of drug-likeness (QED) is 0.313. The molecule has 6 nitrogen and oxygen atoms in total. The number of nitrogens with zero attached hydrogens (tertiary/aromatic N) is 3. The molecular weight excluding hydrogens is 438 g/mol. The van der Waals surface area contributed by atoms with Gasteiger partial charge in [-0.1, -0.05) is 42.0 Å². The smallest absolute Gasteiger partial charge is 0.227 e. The zero-order chi connectivity index (χ0) is 24.4. The molecule has 1 fully saturated rings. The predicted octanol–water partition coefficient (Wildman–Crippen LogP) is 5.65. The minimum absolute atomic E-state index is 0.0140. The standard InChI is InChI=1S/C29H31N3O3/c1-20-13-14-26(21(2)17-20)35-16-8-15-31-24-10-5-4-9-23(24)30-29(31)22-18-28(33)32(19-22)25-11-6-7-12-27(25)34-3/h4-7,9-14,17,22H,8,15-16,18-19H2,1-3H3/t22-/m0/s1. The van der Waals surface area contributed by atoms with Gasteiger partial charge in [0.2, 0.25) is 5.91 Å². The number of aromatic nitrogens is 2. The fraction of sp³-hybridized carbons (Fsp3) is 0.310. The predicted molar refractivity (Wildman–Crippen MR) is 138 cm³/mol. The van der Waals surface area contributed by atoms with E-state index in [1.165, 1.54) is 5.56 Å². The second kappa shape index (κ2) is 9.82. The van der Waals surface area contributed by atoms with Crippen LogP contribution >= 0.6 is 0 Å². The molecule has 0 radical (unpaired) electrons. The Morgan fingerprint density at radius 2 is 1.80 bits per heavy atom. The van der Waals surface area contributed by atoms with Crippen LogP contribution < -0.4 is 14.4 Å². The number of carbonyl (C=O) groups excluding carboxylic acids is 1. The van der Waals surface area contributed by atoms with Crippen LogP contribution in [0.25, 0.3) is 11.0 Å². The van der Waals surface area contributed by atoms with Crippen LogP contribution in [0.15, 0.2) is 66.7 Å². The Labute approximate surface area is 206 Å². The number of benzene rings is 3. The maximum atomic E-state index is 13.0. The largest absolute Gasteiger partial charge is 0.495 e. The number of methoxy groups -OCH3 is 1. The molecule has 5 rings (SSSR count). The lowest BCUT2D eigenvalue weighted by atomic mass is 10.1. The Bertz CT molecular complexity index is 1360. The van der Waals surface area contributed by atoms with Crippen molar-refractivity contribution in [1.29, 1.82) is 0 Å². The number of hydrogen-bond donors (Lipinski definition) is 0. The Hall–Kier alpha value is -3.80. The maximum absolute atomic E-state index is 13.0. The van der Waals surface area contributed by atoms with E-state index in [0.29, 0.717) is 25.3 Å². The van der Waals surface area contributed by atoms with Crippen LogP contribution in [0.4, 0.5) is 5.69 Å². The molecule has 1 aromatic heterocycles. The van der Waals surface area contributed by atoms with Gasteiger partial charge in [-0.2, -0.15) is 0 Å². The highest BCUT2D eigenvalue weighted by molar-refractivity contribution is 5.97. The van der Waals surface area contributed by atoms with Crippen molar-refractivity contribution in [2.24, 2.45) is 0 Å². The van der Waals surface area contributed by atoms with E-state index in [0.717, 1.165) is 46.8 Å². The number of para-hydroxylation sites is 4. The fourth-order valence-electron chi connectivity index (χ4n) is 4.97. The van der Waals surface area contributed by atoms with Crippen molar-refractivity contribution in [1.82, 2.24) is 9.55 Å². The molecule has 1 saturated heterocycles. The number of ether oxygens (including phenoxy) is 2. The van der Waals surface area contributed by atoms with Crippen LogP contribution in [0.1, 0.15) is 35.7 Å². The minimum Gasteiger partial charge on any atom is -0.495 e. The molecule has 3 aromatic carbocycles. The van der Waals surface area contributed by atoms with E-state index >= 15 is 0 Å². The van der Waals surface area contributed by atoms with Crippen molar-refractivity contribution >= 4 is 22.6 Å². The number of rotatable bonds is 8. The maximum Gasteiger partial charge on any atom is 0.227 e. The molecule has 0 aliphatic carbocycles. The van der Waals surface area contributed by atoms with Gasteiger partial charge in [0.05, 0.1) is 30.4 Å². The lowest BCUT2D eigenvalue weighted by Gasteiger charge is -2.20. The summed E-state index contributed by atoms with van der Waals surface area (Å²) in [5, 5.41) is 0. The van der Waals surface area contributed by atoms with E-state index < -0.39 is 0 Å². The van der Waals surface area contributed by atoms with Crippen molar-refractivity contribution in [3.8, 4) is 11.5 Å². The van der Waals surface area contributed by atoms with Crippen LogP contribution in [0.5, 0.6) is 11.5 Å². The number of anilines is 1. The van der Waals surface area contributed by atoms with Crippen LogP contribution in [0.2, 0.25) is 0 Å². The number of hydrogen-bond acceptors (Lipinski definition) is 4. The molecule has 2 heterocycles. The molecule has 1 amide bonds. The zero-order valence-electron chi connectivity index (χ0n) is 20.5. The summed E-state index contributed by atoms with van der Waals surface area (Å²) in [6.07, 6.45) is 1.28. The van der Waals surface area contributed by atoms with E-state index in [1.54, 1.807) is 7.11 Å². The highest BCUT2D eigenvalue weighted by atomic mass is 16.5. The van der Waals surface area contributed by atoms with E-state index in [9.17, 15) is 4.79 Å². The monoisotopic (exact) mass is 469 g/mol. The van der Waals surface area contributed by atoms with Gasteiger partial charge < -0.3 is 18.9 Å². The summed E-state index contributed by atoms with van der Waals surface area (Å²) in [5.74, 6) is 2.71. The zero-order valence-corrected chi connectivity index (χ0v) is 20.5. The van der Waals surface area contributed by atoms with Gasteiger partial charge in [0, 0.05) is 25.4 Å². The summed E-state index contributed by atoms with van der Waals surface area (Å²) < 4.78 is 13.9. The number of amides is 1. The molecule has 1 aliphatic rings. The average molecular weight is 470 g/mol. The summed E-state index contributed by atoms with van der Waals surface area (Å²) in [6.45, 7) is 6.15. The molecule has 6 heteroatoms. The van der Waals surface area contributed by atoms with Crippen molar-refractivity contribution in [3.05, 3.63) is 83.7 Å². The second-order valence-corrected chi connectivity index (χ2v) is 9.16. The number of aryl methyl sites for hydroxylation is 3. The molecule has 0 N–H and O–H groups in total. The van der Waals surface area contributed by atoms with Crippen molar-refractivity contribution < 1.29 is 14.3 Å². The first kappa shape index (κ1) is 23.0. The molecule has 0 bridgehead atoms. The topological polar surface area (TPSA) is 56.6 Å². The van der Waals surface area contributed by atoms with Gasteiger partial charge in [-0.05, 0) is 56.2 Å². The van der Waals surface area contributed by atoms with Crippen molar-refractivity contribution in [2.75, 3.05) is 25.2 Å². The van der Waals surface area contributed by atoms with Crippen molar-refractivity contribution in [3.63, 3.8) is 0 Å². The van der Waals surface area contributed by atoms with Crippen molar-refractivity contribution in [2.45, 2.75) is 39.2 Å². The van der Waals surface area contributed by atoms with Crippen LogP contribution in [0, 0.1) is 13.8 Å². The van der Waals surface area contributed by atoms with Gasteiger partial charge in [-0.15, -0.1) is 0 Å². The lowest BCUT2D eigenvalue weighted by Crippen LogP contribution is -2.25.